The van der Waals surface area contributed by atoms with Crippen LogP contribution in [0.2, 0.25) is 0 Å². The molecule has 1 saturated heterocycles. The van der Waals surface area contributed by atoms with Crippen LogP contribution in [-0.4, -0.2) is 65.5 Å². The van der Waals surface area contributed by atoms with Gasteiger partial charge in [-0.2, -0.15) is 5.10 Å². The third-order valence-corrected chi connectivity index (χ3v) is 5.59. The molecule has 1 amide bonds. The summed E-state index contributed by atoms with van der Waals surface area (Å²) in [6, 6.07) is 3.36. The Morgan fingerprint density at radius 1 is 1.27 bits per heavy atom. The van der Waals surface area contributed by atoms with Crippen molar-refractivity contribution >= 4 is 5.91 Å². The summed E-state index contributed by atoms with van der Waals surface area (Å²) >= 11 is 0. The number of aromatic amines is 2. The second kappa shape index (κ2) is 9.55. The highest BCUT2D eigenvalue weighted by Gasteiger charge is 2.19. The maximum Gasteiger partial charge on any atom is 0.261 e. The van der Waals surface area contributed by atoms with Crippen LogP contribution in [0.4, 0.5) is 0 Å². The van der Waals surface area contributed by atoms with E-state index in [1.54, 1.807) is 12.1 Å². The third-order valence-electron chi connectivity index (χ3n) is 5.59. The molecule has 2 aromatic rings. The van der Waals surface area contributed by atoms with Gasteiger partial charge in [0.2, 0.25) is 0 Å². The largest absolute Gasteiger partial charge is 0.376 e. The van der Waals surface area contributed by atoms with Crippen molar-refractivity contribution in [3.8, 4) is 0 Å². The number of aryl methyl sites for hydroxylation is 1. The van der Waals surface area contributed by atoms with Gasteiger partial charge in [-0.05, 0) is 50.4 Å². The van der Waals surface area contributed by atoms with E-state index in [1.807, 2.05) is 7.05 Å². The van der Waals surface area contributed by atoms with E-state index in [1.165, 1.54) is 24.1 Å². The topological polar surface area (TPSA) is 112 Å². The first-order chi connectivity index (χ1) is 14.6. The highest BCUT2D eigenvalue weighted by molar-refractivity contribution is 5.93. The minimum Gasteiger partial charge on any atom is -0.376 e. The molecule has 1 atom stereocenters. The second-order valence-corrected chi connectivity index (χ2v) is 8.01. The molecule has 0 radical (unpaired) electrons. The standard InChI is InChI=1S/C21H29N5O4/c1-26(12-19-16-4-2-3-5-18(16)24-25-19)11-14-6-7-17(21(28)23-14)20(27)22-10-15-13-29-8-9-30-15/h6-7,15H,2-5,8-13H2,1H3,(H,22,27)(H,23,28)(H,24,25)/t15-/m0/s1. The lowest BCUT2D eigenvalue weighted by Crippen LogP contribution is -2.41. The van der Waals surface area contributed by atoms with Gasteiger partial charge in [0.25, 0.3) is 11.5 Å². The van der Waals surface area contributed by atoms with Crippen molar-refractivity contribution in [2.24, 2.45) is 0 Å². The average Bonchev–Trinajstić information content (AvgIpc) is 3.15. The number of carbonyl (C=O) groups is 1. The van der Waals surface area contributed by atoms with Crippen LogP contribution in [0.1, 0.15) is 45.8 Å². The quantitative estimate of drug-likeness (QED) is 0.615. The molecule has 1 aliphatic heterocycles. The predicted octanol–water partition coefficient (Wildman–Crippen LogP) is 0.754. The van der Waals surface area contributed by atoms with Crippen LogP contribution < -0.4 is 10.9 Å². The fourth-order valence-corrected chi connectivity index (χ4v) is 4.02. The highest BCUT2D eigenvalue weighted by Crippen LogP contribution is 2.23. The summed E-state index contributed by atoms with van der Waals surface area (Å²) in [5, 5.41) is 10.4. The van der Waals surface area contributed by atoms with Crippen molar-refractivity contribution in [2.75, 3.05) is 33.4 Å². The summed E-state index contributed by atoms with van der Waals surface area (Å²) in [4.78, 5) is 29.7. The molecule has 9 heteroatoms. The smallest absolute Gasteiger partial charge is 0.261 e. The molecule has 30 heavy (non-hydrogen) atoms. The van der Waals surface area contributed by atoms with Gasteiger partial charge in [-0.3, -0.25) is 19.6 Å². The van der Waals surface area contributed by atoms with Crippen molar-refractivity contribution < 1.29 is 14.3 Å². The number of rotatable bonds is 7. The maximum absolute atomic E-state index is 12.4. The third kappa shape index (κ3) is 4.97. The van der Waals surface area contributed by atoms with E-state index in [0.717, 1.165) is 24.2 Å². The van der Waals surface area contributed by atoms with Crippen molar-refractivity contribution in [3.05, 3.63) is 50.7 Å². The maximum atomic E-state index is 12.4. The molecule has 0 saturated carbocycles. The molecule has 2 aromatic heterocycles. The minimum atomic E-state index is -0.409. The van der Waals surface area contributed by atoms with Crippen LogP contribution in [0.25, 0.3) is 0 Å². The predicted molar refractivity (Wildman–Crippen MR) is 110 cm³/mol. The molecule has 1 aliphatic carbocycles. The molecule has 2 aliphatic rings. The fraction of sp³-hybridized carbons (Fsp3) is 0.571. The van der Waals surface area contributed by atoms with E-state index in [0.29, 0.717) is 39.5 Å². The number of hydrogen-bond acceptors (Lipinski definition) is 6. The van der Waals surface area contributed by atoms with Crippen LogP contribution in [0.5, 0.6) is 0 Å². The Hall–Kier alpha value is -2.49. The first-order valence-electron chi connectivity index (χ1n) is 10.5. The van der Waals surface area contributed by atoms with Crippen LogP contribution >= 0.6 is 0 Å². The lowest BCUT2D eigenvalue weighted by molar-refractivity contribution is -0.0855. The van der Waals surface area contributed by atoms with Gasteiger partial charge < -0.3 is 19.8 Å². The van der Waals surface area contributed by atoms with E-state index in [2.05, 4.69) is 25.4 Å². The Morgan fingerprint density at radius 2 is 2.13 bits per heavy atom. The lowest BCUT2D eigenvalue weighted by atomic mass is 9.96. The van der Waals surface area contributed by atoms with E-state index in [-0.39, 0.29) is 11.7 Å². The zero-order chi connectivity index (χ0) is 20.9. The molecule has 162 valence electrons. The number of nitrogens with one attached hydrogen (secondary N) is 3. The Morgan fingerprint density at radius 3 is 2.93 bits per heavy atom. The minimum absolute atomic E-state index is 0.0968. The first kappa shape index (κ1) is 20.8. The van der Waals surface area contributed by atoms with Crippen LogP contribution in [0.15, 0.2) is 16.9 Å². The van der Waals surface area contributed by atoms with Gasteiger partial charge in [-0.25, -0.2) is 0 Å². The fourth-order valence-electron chi connectivity index (χ4n) is 4.02. The molecule has 9 nitrogen and oxygen atoms in total. The Labute approximate surface area is 175 Å². The van der Waals surface area contributed by atoms with Gasteiger partial charge in [0.1, 0.15) is 5.56 Å². The summed E-state index contributed by atoms with van der Waals surface area (Å²) in [6.45, 7) is 3.12. The number of H-pyrrole nitrogens is 2. The average molecular weight is 415 g/mol. The number of aromatic nitrogens is 3. The van der Waals surface area contributed by atoms with E-state index < -0.39 is 11.5 Å². The molecule has 4 rings (SSSR count). The first-order valence-corrected chi connectivity index (χ1v) is 10.5. The van der Waals surface area contributed by atoms with Gasteiger partial charge in [-0.1, -0.05) is 0 Å². The van der Waals surface area contributed by atoms with Gasteiger partial charge in [0.15, 0.2) is 0 Å². The number of nitrogens with zero attached hydrogens (tertiary/aromatic N) is 2. The van der Waals surface area contributed by atoms with Gasteiger partial charge in [0.05, 0.1) is 31.6 Å². The summed E-state index contributed by atoms with van der Waals surface area (Å²) in [6.07, 6.45) is 4.39. The molecule has 3 N–H and O–H groups in total. The van der Waals surface area contributed by atoms with Gasteiger partial charge >= 0.3 is 0 Å². The molecular formula is C21H29N5O4. The Kier molecular flexibility index (Phi) is 6.61. The molecule has 0 unspecified atom stereocenters. The van der Waals surface area contributed by atoms with Crippen molar-refractivity contribution in [1.29, 1.82) is 0 Å². The monoisotopic (exact) mass is 415 g/mol. The molecule has 3 heterocycles. The number of fused-ring (bicyclic) bond motifs is 1. The molecular weight excluding hydrogens is 386 g/mol. The lowest BCUT2D eigenvalue weighted by Gasteiger charge is -2.23. The summed E-state index contributed by atoms with van der Waals surface area (Å²) in [7, 11) is 2.00. The van der Waals surface area contributed by atoms with E-state index in [4.69, 9.17) is 9.47 Å². The summed E-state index contributed by atoms with van der Waals surface area (Å²) in [5.41, 5.74) is 4.15. The van der Waals surface area contributed by atoms with Gasteiger partial charge in [0, 0.05) is 31.0 Å². The van der Waals surface area contributed by atoms with Crippen molar-refractivity contribution in [2.45, 2.75) is 44.9 Å². The van der Waals surface area contributed by atoms with Crippen LogP contribution in [-0.2, 0) is 35.4 Å². The van der Waals surface area contributed by atoms with E-state index >= 15 is 0 Å². The van der Waals surface area contributed by atoms with Crippen molar-refractivity contribution in [3.63, 3.8) is 0 Å². The number of carbonyl (C=O) groups excluding carboxylic acids is 1. The summed E-state index contributed by atoms with van der Waals surface area (Å²) in [5.74, 6) is -0.409. The van der Waals surface area contributed by atoms with Crippen LogP contribution in [0, 0.1) is 0 Å². The number of ether oxygens (including phenoxy) is 2. The van der Waals surface area contributed by atoms with Crippen molar-refractivity contribution in [1.82, 2.24) is 25.4 Å². The normalized spacial score (nSPS) is 18.9. The zero-order valence-corrected chi connectivity index (χ0v) is 17.3. The Balaban J connectivity index is 1.32. The SMILES string of the molecule is CN(Cc1ccc(C(=O)NC[C@H]2COCCO2)c(=O)[nH]1)Cc1n[nH]c2c1CCCC2. The highest BCUT2D eigenvalue weighted by atomic mass is 16.6. The number of amides is 1. The van der Waals surface area contributed by atoms with E-state index in [9.17, 15) is 9.59 Å². The number of pyridine rings is 1. The second-order valence-electron chi connectivity index (χ2n) is 8.01. The molecule has 1 fully saturated rings. The molecule has 0 aromatic carbocycles. The zero-order valence-electron chi connectivity index (χ0n) is 17.3. The summed E-state index contributed by atoms with van der Waals surface area (Å²) < 4.78 is 10.8. The van der Waals surface area contributed by atoms with Crippen LogP contribution in [0.3, 0.4) is 0 Å². The molecule has 0 bridgehead atoms. The molecule has 0 spiro atoms. The van der Waals surface area contributed by atoms with Gasteiger partial charge in [-0.15, -0.1) is 0 Å². The number of hydrogen-bond donors (Lipinski definition) is 3. The Bertz CT molecular complexity index is 932.